The average molecular weight is 389 g/mol. The molecule has 2 heterocycles. The minimum Gasteiger partial charge on any atom is -0.469 e. The fourth-order valence-corrected chi connectivity index (χ4v) is 7.54. The van der Waals surface area contributed by atoms with Crippen LogP contribution in [0.2, 0.25) is 0 Å². The Labute approximate surface area is 171 Å². The Morgan fingerprint density at radius 2 is 1.96 bits per heavy atom. The van der Waals surface area contributed by atoms with E-state index in [1.165, 1.54) is 58.5 Å². The second-order valence-corrected chi connectivity index (χ2v) is 10.7. The monoisotopic (exact) mass is 388 g/mol. The van der Waals surface area contributed by atoms with Crippen molar-refractivity contribution in [2.75, 3.05) is 7.11 Å². The van der Waals surface area contributed by atoms with Crippen LogP contribution in [-0.4, -0.2) is 24.8 Å². The van der Waals surface area contributed by atoms with E-state index in [1.807, 2.05) is 0 Å². The van der Waals surface area contributed by atoms with Gasteiger partial charge in [-0.15, -0.1) is 0 Å². The summed E-state index contributed by atoms with van der Waals surface area (Å²) in [5, 5.41) is 0. The molecule has 0 aromatic heterocycles. The summed E-state index contributed by atoms with van der Waals surface area (Å²) in [6.45, 7) is 7.29. The second-order valence-electron chi connectivity index (χ2n) is 10.7. The first-order valence-corrected chi connectivity index (χ1v) is 11.8. The fourth-order valence-electron chi connectivity index (χ4n) is 7.54. The van der Waals surface area contributed by atoms with Crippen molar-refractivity contribution >= 4 is 5.97 Å². The number of carbonyl (C=O) groups excluding carboxylic acids is 1. The fraction of sp³-hybridized carbons (Fsp3) is 0.880. The zero-order valence-electron chi connectivity index (χ0n) is 18.4. The lowest BCUT2D eigenvalue weighted by molar-refractivity contribution is -0.170. The molecule has 0 aromatic carbocycles. The predicted molar refractivity (Wildman–Crippen MR) is 112 cm³/mol. The molecule has 0 amide bonds. The molecule has 4 rings (SSSR count). The van der Waals surface area contributed by atoms with Gasteiger partial charge in [0.2, 0.25) is 0 Å². The number of rotatable bonds is 4. The van der Waals surface area contributed by atoms with Gasteiger partial charge in [-0.1, -0.05) is 39.3 Å². The maximum atomic E-state index is 11.6. The first-order valence-electron chi connectivity index (χ1n) is 11.8. The Bertz CT molecular complexity index is 613. The number of ether oxygens (including phenoxy) is 2. The molecule has 0 unspecified atom stereocenters. The van der Waals surface area contributed by atoms with Crippen LogP contribution in [0.4, 0.5) is 0 Å². The lowest BCUT2D eigenvalue weighted by Gasteiger charge is -2.55. The molecule has 8 atom stereocenters. The van der Waals surface area contributed by atoms with Gasteiger partial charge in [0.05, 0.1) is 18.8 Å². The van der Waals surface area contributed by atoms with E-state index in [0.29, 0.717) is 30.3 Å². The maximum absolute atomic E-state index is 11.6. The molecule has 2 saturated heterocycles. The lowest BCUT2D eigenvalue weighted by Crippen LogP contribution is -2.54. The van der Waals surface area contributed by atoms with Crippen molar-refractivity contribution in [3.05, 3.63) is 12.2 Å². The van der Waals surface area contributed by atoms with Gasteiger partial charge in [0, 0.05) is 6.42 Å². The number of hydrogen-bond donors (Lipinski definition) is 0. The van der Waals surface area contributed by atoms with Crippen molar-refractivity contribution < 1.29 is 14.3 Å². The number of allylic oxidation sites excluding steroid dienone is 1. The second kappa shape index (κ2) is 7.78. The van der Waals surface area contributed by atoms with Crippen LogP contribution in [0.1, 0.15) is 85.0 Å². The molecule has 3 heteroatoms. The van der Waals surface area contributed by atoms with Crippen LogP contribution in [0, 0.1) is 35.0 Å². The van der Waals surface area contributed by atoms with E-state index < -0.39 is 0 Å². The highest BCUT2D eigenvalue weighted by atomic mass is 16.5. The highest BCUT2D eigenvalue weighted by molar-refractivity contribution is 5.69. The van der Waals surface area contributed by atoms with Crippen LogP contribution < -0.4 is 0 Å². The molecule has 0 N–H and O–H groups in total. The van der Waals surface area contributed by atoms with E-state index in [4.69, 9.17) is 9.47 Å². The smallest absolute Gasteiger partial charge is 0.305 e. The molecule has 2 aliphatic carbocycles. The summed E-state index contributed by atoms with van der Waals surface area (Å²) in [5.41, 5.74) is 0.265. The van der Waals surface area contributed by atoms with Crippen molar-refractivity contribution in [3.8, 4) is 0 Å². The molecule has 158 valence electrons. The predicted octanol–water partition coefficient (Wildman–Crippen LogP) is 5.92. The van der Waals surface area contributed by atoms with Gasteiger partial charge in [-0.3, -0.25) is 4.79 Å². The normalized spacial score (nSPS) is 46.1. The molecule has 0 radical (unpaired) electrons. The molecule has 0 aromatic rings. The summed E-state index contributed by atoms with van der Waals surface area (Å²) < 4.78 is 11.8. The number of esters is 1. The van der Waals surface area contributed by atoms with Gasteiger partial charge in [0.1, 0.15) is 0 Å². The van der Waals surface area contributed by atoms with Crippen LogP contribution in [-0.2, 0) is 14.3 Å². The summed E-state index contributed by atoms with van der Waals surface area (Å²) in [6.07, 6.45) is 17.4. The highest BCUT2D eigenvalue weighted by Gasteiger charge is 2.58. The van der Waals surface area contributed by atoms with Gasteiger partial charge in [0.25, 0.3) is 0 Å². The summed E-state index contributed by atoms with van der Waals surface area (Å²) in [7, 11) is 1.50. The Kier molecular flexibility index (Phi) is 5.68. The average Bonchev–Trinajstić information content (AvgIpc) is 3.02. The Hall–Kier alpha value is -0.830. The number of hydrogen-bond acceptors (Lipinski definition) is 3. The van der Waals surface area contributed by atoms with E-state index in [2.05, 4.69) is 32.9 Å². The van der Waals surface area contributed by atoms with Crippen LogP contribution in [0.5, 0.6) is 0 Å². The highest BCUT2D eigenvalue weighted by Crippen LogP contribution is 2.62. The minimum atomic E-state index is -0.0691. The molecule has 2 aliphatic heterocycles. The van der Waals surface area contributed by atoms with E-state index in [1.54, 1.807) is 0 Å². The number of fused-ring (bicyclic) bond motifs is 3. The third kappa shape index (κ3) is 3.46. The largest absolute Gasteiger partial charge is 0.469 e. The molecule has 1 spiro atoms. The summed E-state index contributed by atoms with van der Waals surface area (Å²) >= 11 is 0. The van der Waals surface area contributed by atoms with E-state index in [9.17, 15) is 4.79 Å². The maximum Gasteiger partial charge on any atom is 0.305 e. The van der Waals surface area contributed by atoms with Crippen molar-refractivity contribution in [2.45, 2.75) is 96.7 Å². The molecular weight excluding hydrogens is 348 g/mol. The molecule has 2 bridgehead atoms. The molecule has 4 aliphatic rings. The molecule has 3 fully saturated rings. The van der Waals surface area contributed by atoms with E-state index in [-0.39, 0.29) is 17.0 Å². The van der Waals surface area contributed by atoms with Gasteiger partial charge in [-0.25, -0.2) is 0 Å². The van der Waals surface area contributed by atoms with Crippen LogP contribution >= 0.6 is 0 Å². The van der Waals surface area contributed by atoms with Crippen molar-refractivity contribution in [1.82, 2.24) is 0 Å². The molecule has 3 nitrogen and oxygen atoms in total. The topological polar surface area (TPSA) is 35.5 Å². The standard InChI is InChI=1S/C25H40O3/c1-17-7-9-22-21-11-10-20(18(2)8-12-23(26)27-4)24(21,3)14-15-25(22)13-5-6-19(16-17)28-25/h14-15,17-22H,5-13,16H2,1-4H3/t17-,18-,19-,20-,21+,22+,24+,25-/m1/s1. The number of methoxy groups -OCH3 is 1. The summed E-state index contributed by atoms with van der Waals surface area (Å²) in [4.78, 5) is 11.6. The minimum absolute atomic E-state index is 0.0113. The SMILES string of the molecule is COC(=O)CC[C@@H](C)[C@H]1CC[C@H]2[C@@H]3CC[C@@H](C)C[C@H]4CCC[C@]3(C=C[C@@]12C)O4. The first-order chi connectivity index (χ1) is 13.4. The molecular formula is C25H40O3. The van der Waals surface area contributed by atoms with Crippen LogP contribution in [0.25, 0.3) is 0 Å². The van der Waals surface area contributed by atoms with Crippen LogP contribution in [0.3, 0.4) is 0 Å². The van der Waals surface area contributed by atoms with Gasteiger partial charge in [0.15, 0.2) is 0 Å². The van der Waals surface area contributed by atoms with Gasteiger partial charge in [-0.05, 0) is 86.4 Å². The zero-order chi connectivity index (χ0) is 19.9. The Balaban J connectivity index is 1.57. The van der Waals surface area contributed by atoms with Crippen molar-refractivity contribution in [3.63, 3.8) is 0 Å². The molecule has 28 heavy (non-hydrogen) atoms. The number of carbonyl (C=O) groups is 1. The summed E-state index contributed by atoms with van der Waals surface area (Å²) in [5.74, 6) is 3.34. The van der Waals surface area contributed by atoms with Crippen molar-refractivity contribution in [2.24, 2.45) is 35.0 Å². The third-order valence-electron chi connectivity index (χ3n) is 9.06. The quantitative estimate of drug-likeness (QED) is 0.443. The van der Waals surface area contributed by atoms with Gasteiger partial charge >= 0.3 is 5.97 Å². The Morgan fingerprint density at radius 1 is 1.18 bits per heavy atom. The van der Waals surface area contributed by atoms with Gasteiger partial charge < -0.3 is 9.47 Å². The van der Waals surface area contributed by atoms with E-state index >= 15 is 0 Å². The first kappa shape index (κ1) is 20.4. The van der Waals surface area contributed by atoms with Crippen LogP contribution in [0.15, 0.2) is 12.2 Å². The third-order valence-corrected chi connectivity index (χ3v) is 9.06. The zero-order valence-corrected chi connectivity index (χ0v) is 18.4. The van der Waals surface area contributed by atoms with E-state index in [0.717, 1.165) is 18.3 Å². The van der Waals surface area contributed by atoms with Gasteiger partial charge in [-0.2, -0.15) is 0 Å². The Morgan fingerprint density at radius 3 is 2.75 bits per heavy atom. The van der Waals surface area contributed by atoms with Crippen molar-refractivity contribution in [1.29, 1.82) is 0 Å². The summed E-state index contributed by atoms with van der Waals surface area (Å²) in [6, 6.07) is 0. The lowest BCUT2D eigenvalue weighted by atomic mass is 9.56. The molecule has 1 saturated carbocycles.